The molecule has 1 saturated heterocycles. The Morgan fingerprint density at radius 2 is 0.875 bits per heavy atom. The SMILES string of the molecule is Cc1ccc2c(c1)OCCN(c1ccc(C=O)cc1C)CCOc1cc(C)ccc1N1CCOCCOCCN2CCOCCOCC1. The third-order valence-electron chi connectivity index (χ3n) is 8.61. The number of hydrogen-bond acceptors (Lipinski definition) is 10. The highest BCUT2D eigenvalue weighted by molar-refractivity contribution is 5.77. The van der Waals surface area contributed by atoms with E-state index in [9.17, 15) is 4.79 Å². The molecule has 0 atom stereocenters. The zero-order valence-electron chi connectivity index (χ0n) is 28.8. The van der Waals surface area contributed by atoms with Crippen molar-refractivity contribution in [2.75, 3.05) is 120 Å². The highest BCUT2D eigenvalue weighted by Crippen LogP contribution is 2.32. The maximum Gasteiger partial charge on any atom is 0.150 e. The Bertz CT molecular complexity index is 1350. The van der Waals surface area contributed by atoms with Crippen LogP contribution in [-0.4, -0.2) is 112 Å². The molecule has 0 aromatic heterocycles. The lowest BCUT2D eigenvalue weighted by Gasteiger charge is -2.29. The van der Waals surface area contributed by atoms with E-state index in [1.165, 1.54) is 0 Å². The van der Waals surface area contributed by atoms with Crippen LogP contribution in [0.5, 0.6) is 11.5 Å². The normalized spacial score (nSPS) is 18.2. The Morgan fingerprint density at radius 3 is 1.29 bits per heavy atom. The quantitative estimate of drug-likeness (QED) is 0.274. The second-order valence-electron chi connectivity index (χ2n) is 12.2. The lowest BCUT2D eigenvalue weighted by atomic mass is 10.1. The lowest BCUT2D eigenvalue weighted by molar-refractivity contribution is 0.0435. The third kappa shape index (κ3) is 10.3. The van der Waals surface area contributed by atoms with Gasteiger partial charge in [0.1, 0.15) is 31.0 Å². The van der Waals surface area contributed by atoms with Crippen molar-refractivity contribution >= 4 is 23.3 Å². The number of ether oxygens (including phenoxy) is 6. The molecular weight excluding hydrogens is 610 g/mol. The summed E-state index contributed by atoms with van der Waals surface area (Å²) in [6, 6.07) is 18.5. The van der Waals surface area contributed by atoms with Gasteiger partial charge in [-0.15, -0.1) is 0 Å². The molecule has 1 fully saturated rings. The molecule has 3 heterocycles. The van der Waals surface area contributed by atoms with Gasteiger partial charge in [0, 0.05) is 37.4 Å². The minimum atomic E-state index is 0.463. The first-order chi connectivity index (χ1) is 23.5. The third-order valence-corrected chi connectivity index (χ3v) is 8.61. The van der Waals surface area contributed by atoms with Gasteiger partial charge in [-0.3, -0.25) is 4.79 Å². The van der Waals surface area contributed by atoms with Gasteiger partial charge in [-0.2, -0.15) is 0 Å². The molecule has 0 aliphatic carbocycles. The molecule has 3 aromatic carbocycles. The van der Waals surface area contributed by atoms with Crippen LogP contribution in [0.4, 0.5) is 17.1 Å². The molecule has 10 nitrogen and oxygen atoms in total. The van der Waals surface area contributed by atoms with Crippen molar-refractivity contribution in [3.63, 3.8) is 0 Å². The fraction of sp³-hybridized carbons (Fsp3) is 0.500. The summed E-state index contributed by atoms with van der Waals surface area (Å²) < 4.78 is 37.2. The average Bonchev–Trinajstić information content (AvgIpc) is 3.08. The number of hydrogen-bond donors (Lipinski definition) is 0. The van der Waals surface area contributed by atoms with Crippen LogP contribution >= 0.6 is 0 Å². The van der Waals surface area contributed by atoms with E-state index in [4.69, 9.17) is 28.4 Å². The smallest absolute Gasteiger partial charge is 0.150 e. The maximum atomic E-state index is 11.5. The molecule has 0 spiro atoms. The first-order valence-corrected chi connectivity index (χ1v) is 17.1. The van der Waals surface area contributed by atoms with Gasteiger partial charge in [-0.05, 0) is 79.9 Å². The zero-order valence-corrected chi connectivity index (χ0v) is 28.8. The van der Waals surface area contributed by atoms with E-state index in [-0.39, 0.29) is 0 Å². The van der Waals surface area contributed by atoms with E-state index in [0.717, 1.165) is 51.5 Å². The van der Waals surface area contributed by atoms with Gasteiger partial charge in [0.2, 0.25) is 0 Å². The maximum absolute atomic E-state index is 11.5. The topological polar surface area (TPSA) is 82.2 Å². The Morgan fingerprint density at radius 1 is 0.479 bits per heavy atom. The van der Waals surface area contributed by atoms with Gasteiger partial charge in [-0.25, -0.2) is 0 Å². The number of aldehydes is 1. The van der Waals surface area contributed by atoms with Gasteiger partial charge in [0.15, 0.2) is 0 Å². The van der Waals surface area contributed by atoms with Gasteiger partial charge in [0.05, 0.1) is 77.3 Å². The fourth-order valence-corrected chi connectivity index (χ4v) is 6.04. The number of rotatable bonds is 2. The molecule has 260 valence electrons. The largest absolute Gasteiger partial charge is 0.490 e. The van der Waals surface area contributed by atoms with Crippen molar-refractivity contribution in [1.82, 2.24) is 0 Å². The second-order valence-corrected chi connectivity index (χ2v) is 12.2. The fourth-order valence-electron chi connectivity index (χ4n) is 6.04. The number of anilines is 3. The van der Waals surface area contributed by atoms with Crippen LogP contribution in [0.15, 0.2) is 54.6 Å². The molecule has 10 heteroatoms. The molecule has 0 amide bonds. The number of nitrogens with zero attached hydrogens (tertiary/aromatic N) is 3. The molecule has 0 saturated carbocycles. The highest BCUT2D eigenvalue weighted by Gasteiger charge is 2.18. The van der Waals surface area contributed by atoms with E-state index in [1.807, 2.05) is 25.1 Å². The highest BCUT2D eigenvalue weighted by atomic mass is 16.5. The molecule has 0 N–H and O–H groups in total. The summed E-state index contributed by atoms with van der Waals surface area (Å²) >= 11 is 0. The minimum absolute atomic E-state index is 0.463. The van der Waals surface area contributed by atoms with Crippen LogP contribution in [0, 0.1) is 20.8 Å². The monoisotopic (exact) mass is 661 g/mol. The molecule has 48 heavy (non-hydrogen) atoms. The van der Waals surface area contributed by atoms with Crippen LogP contribution in [0.3, 0.4) is 0 Å². The molecular formula is C38H51N3O7. The first kappa shape index (κ1) is 35.5. The average molecular weight is 662 g/mol. The predicted octanol–water partition coefficient (Wildman–Crippen LogP) is 5.10. The number of fused-ring (bicyclic) bond motifs is 20. The molecule has 3 aliphatic rings. The van der Waals surface area contributed by atoms with Crippen LogP contribution < -0.4 is 24.2 Å². The Kier molecular flexibility index (Phi) is 13.8. The van der Waals surface area contributed by atoms with Crippen molar-refractivity contribution < 1.29 is 33.2 Å². The van der Waals surface area contributed by atoms with Crippen LogP contribution in [-0.2, 0) is 18.9 Å². The Hall–Kier alpha value is -3.83. The van der Waals surface area contributed by atoms with E-state index in [2.05, 4.69) is 64.9 Å². The van der Waals surface area contributed by atoms with Crippen LogP contribution in [0.25, 0.3) is 0 Å². The Balaban J connectivity index is 1.48. The molecule has 6 rings (SSSR count). The van der Waals surface area contributed by atoms with Crippen molar-refractivity contribution in [2.45, 2.75) is 20.8 Å². The first-order valence-electron chi connectivity index (χ1n) is 17.1. The number of benzene rings is 3. The van der Waals surface area contributed by atoms with E-state index >= 15 is 0 Å². The summed E-state index contributed by atoms with van der Waals surface area (Å²) in [7, 11) is 0. The molecule has 3 aliphatic heterocycles. The Labute approximate surface area is 285 Å². The van der Waals surface area contributed by atoms with Gasteiger partial charge in [-0.1, -0.05) is 12.1 Å². The van der Waals surface area contributed by atoms with Gasteiger partial charge in [0.25, 0.3) is 0 Å². The summed E-state index contributed by atoms with van der Waals surface area (Å²) in [4.78, 5) is 18.3. The van der Waals surface area contributed by atoms with Crippen LogP contribution in [0.1, 0.15) is 27.0 Å². The van der Waals surface area contributed by atoms with E-state index < -0.39 is 0 Å². The second kappa shape index (κ2) is 18.6. The summed E-state index contributed by atoms with van der Waals surface area (Å²) in [6.07, 6.45) is 0.886. The summed E-state index contributed by atoms with van der Waals surface area (Å²) in [6.45, 7) is 15.4. The van der Waals surface area contributed by atoms with Crippen molar-refractivity contribution in [2.24, 2.45) is 0 Å². The summed E-state index contributed by atoms with van der Waals surface area (Å²) in [5.41, 5.74) is 7.00. The molecule has 2 bridgehead atoms. The number of carbonyl (C=O) groups excluding carboxylic acids is 1. The van der Waals surface area contributed by atoms with Gasteiger partial charge >= 0.3 is 0 Å². The summed E-state index contributed by atoms with van der Waals surface area (Å²) in [5, 5.41) is 0. The van der Waals surface area contributed by atoms with Crippen LogP contribution in [0.2, 0.25) is 0 Å². The standard InChI is InChI=1S/C38H51N3O7/c1-30-4-7-35-37(26-30)47-20-14-39(34-9-6-33(29-42)28-32(34)3)15-21-48-38-27-31(2)5-8-36(38)41-12-18-45-24-22-43-16-10-40(35)11-17-44-23-25-46-19-13-41/h4-9,26-29H,10-25H2,1-3H3. The number of aryl methyl sites for hydroxylation is 3. The molecule has 3 aromatic rings. The number of carbonyl (C=O) groups is 1. The van der Waals surface area contributed by atoms with Crippen molar-refractivity contribution in [1.29, 1.82) is 0 Å². The van der Waals surface area contributed by atoms with E-state index in [0.29, 0.717) is 111 Å². The van der Waals surface area contributed by atoms with Crippen molar-refractivity contribution in [3.05, 3.63) is 76.9 Å². The van der Waals surface area contributed by atoms with Crippen molar-refractivity contribution in [3.8, 4) is 11.5 Å². The zero-order chi connectivity index (χ0) is 33.6. The molecule has 0 unspecified atom stereocenters. The van der Waals surface area contributed by atoms with E-state index in [1.54, 1.807) is 0 Å². The minimum Gasteiger partial charge on any atom is -0.490 e. The molecule has 0 radical (unpaired) electrons. The van der Waals surface area contributed by atoms with Gasteiger partial charge < -0.3 is 43.1 Å². The lowest BCUT2D eigenvalue weighted by Crippen LogP contribution is -2.34. The summed E-state index contributed by atoms with van der Waals surface area (Å²) in [5.74, 6) is 1.65. The predicted molar refractivity (Wildman–Crippen MR) is 190 cm³/mol.